The average molecular weight is 681 g/mol. The summed E-state index contributed by atoms with van der Waals surface area (Å²) in [5.74, 6) is -0.344. The largest absolute Gasteiger partial charge is 0.495 e. The summed E-state index contributed by atoms with van der Waals surface area (Å²) < 4.78 is 45.8. The van der Waals surface area contributed by atoms with Crippen LogP contribution in [-0.2, 0) is 26.2 Å². The van der Waals surface area contributed by atoms with Gasteiger partial charge in [0, 0.05) is 28.7 Å². The van der Waals surface area contributed by atoms with Crippen LogP contribution in [0.3, 0.4) is 0 Å². The number of rotatable bonds is 15. The summed E-state index contributed by atoms with van der Waals surface area (Å²) in [6.07, 6.45) is 0.952. The van der Waals surface area contributed by atoms with Gasteiger partial charge >= 0.3 is 0 Å². The molecule has 0 bridgehead atoms. The van der Waals surface area contributed by atoms with Crippen molar-refractivity contribution in [2.24, 2.45) is 0 Å². The van der Waals surface area contributed by atoms with Crippen LogP contribution in [0.2, 0.25) is 10.0 Å². The van der Waals surface area contributed by atoms with Crippen molar-refractivity contribution >= 4 is 50.7 Å². The lowest BCUT2D eigenvalue weighted by molar-refractivity contribution is -0.140. The maximum atomic E-state index is 14.4. The maximum Gasteiger partial charge on any atom is 0.265 e. The van der Waals surface area contributed by atoms with E-state index in [4.69, 9.17) is 37.4 Å². The van der Waals surface area contributed by atoms with Gasteiger partial charge in [0.2, 0.25) is 11.8 Å². The van der Waals surface area contributed by atoms with E-state index in [1.165, 1.54) is 56.6 Å². The fourth-order valence-corrected chi connectivity index (χ4v) is 6.44. The zero-order chi connectivity index (χ0) is 33.3. The normalized spacial score (nSPS) is 12.5. The first kappa shape index (κ1) is 35.8. The fourth-order valence-electron chi connectivity index (χ4n) is 4.65. The molecule has 3 rings (SSSR count). The number of hydrogen-bond donors (Lipinski definition) is 1. The Labute approximate surface area is 275 Å². The molecule has 2 atom stereocenters. The predicted molar refractivity (Wildman–Crippen MR) is 176 cm³/mol. The van der Waals surface area contributed by atoms with Gasteiger partial charge in [-0.3, -0.25) is 13.9 Å². The number of sulfonamides is 1. The van der Waals surface area contributed by atoms with Gasteiger partial charge in [0.15, 0.2) is 11.5 Å². The standard InChI is InChI=1S/C32H39Cl2N3O7S/c1-7-21(3)35-32(39)26(8-2)36(19-22-11-9-10-12-25(22)34)31(38)20-37(27-17-23(33)13-15-28(27)42-4)45(40,41)24-14-16-29(43-5)30(18-24)44-6/h9-18,21,26H,7-8,19-20H2,1-6H3,(H,35,39)/t21-,26+/m1/s1. The number of methoxy groups -OCH3 is 3. The molecule has 0 aliphatic heterocycles. The van der Waals surface area contributed by atoms with E-state index in [1.54, 1.807) is 37.3 Å². The molecule has 0 radical (unpaired) electrons. The number of carbonyl (C=O) groups is 2. The minimum absolute atomic E-state index is 0.0305. The van der Waals surface area contributed by atoms with Gasteiger partial charge in [-0.15, -0.1) is 0 Å². The van der Waals surface area contributed by atoms with Crippen LogP contribution in [0.4, 0.5) is 5.69 Å². The number of hydrogen-bond acceptors (Lipinski definition) is 7. The molecule has 0 fully saturated rings. The van der Waals surface area contributed by atoms with E-state index < -0.39 is 28.5 Å². The Morgan fingerprint density at radius 2 is 1.51 bits per heavy atom. The molecule has 0 unspecified atom stereocenters. The quantitative estimate of drug-likeness (QED) is 0.212. The first-order chi connectivity index (χ1) is 21.4. The first-order valence-electron chi connectivity index (χ1n) is 14.3. The van der Waals surface area contributed by atoms with Gasteiger partial charge in [0.1, 0.15) is 18.3 Å². The Balaban J connectivity index is 2.19. The SMILES string of the molecule is CC[C@@H](C)NC(=O)[C@H](CC)N(Cc1ccccc1Cl)C(=O)CN(c1cc(Cl)ccc1OC)S(=O)(=O)c1ccc(OC)c(OC)c1. The summed E-state index contributed by atoms with van der Waals surface area (Å²) in [4.78, 5) is 29.0. The zero-order valence-electron chi connectivity index (χ0n) is 26.2. The topological polar surface area (TPSA) is 114 Å². The van der Waals surface area contributed by atoms with E-state index in [0.717, 1.165) is 4.31 Å². The second-order valence-corrected chi connectivity index (χ2v) is 12.9. The number of nitrogens with zero attached hydrogens (tertiary/aromatic N) is 2. The molecule has 13 heteroatoms. The van der Waals surface area contributed by atoms with Crippen LogP contribution in [0.15, 0.2) is 65.6 Å². The van der Waals surface area contributed by atoms with Gasteiger partial charge in [-0.1, -0.05) is 55.2 Å². The van der Waals surface area contributed by atoms with E-state index in [-0.39, 0.29) is 52.0 Å². The van der Waals surface area contributed by atoms with E-state index in [1.807, 2.05) is 13.8 Å². The molecule has 0 aliphatic carbocycles. The third-order valence-electron chi connectivity index (χ3n) is 7.32. The third-order valence-corrected chi connectivity index (χ3v) is 9.68. The highest BCUT2D eigenvalue weighted by Gasteiger charge is 2.35. The molecule has 0 heterocycles. The van der Waals surface area contributed by atoms with Gasteiger partial charge in [-0.25, -0.2) is 8.42 Å². The van der Waals surface area contributed by atoms with Crippen molar-refractivity contribution in [3.63, 3.8) is 0 Å². The molecule has 0 aliphatic rings. The second kappa shape index (κ2) is 16.1. The van der Waals surface area contributed by atoms with Gasteiger partial charge in [0.25, 0.3) is 10.0 Å². The molecule has 2 amide bonds. The molecular formula is C32H39Cl2N3O7S. The van der Waals surface area contributed by atoms with Crippen molar-refractivity contribution < 1.29 is 32.2 Å². The number of nitrogens with one attached hydrogen (secondary N) is 1. The summed E-state index contributed by atoms with van der Waals surface area (Å²) in [5, 5.41) is 3.57. The molecule has 0 spiro atoms. The lowest BCUT2D eigenvalue weighted by atomic mass is 10.1. The van der Waals surface area contributed by atoms with Gasteiger partial charge in [-0.05, 0) is 61.7 Å². The van der Waals surface area contributed by atoms with E-state index in [0.29, 0.717) is 22.8 Å². The summed E-state index contributed by atoms with van der Waals surface area (Å²) in [6.45, 7) is 4.86. The number of amides is 2. The van der Waals surface area contributed by atoms with Crippen molar-refractivity contribution in [2.75, 3.05) is 32.2 Å². The zero-order valence-corrected chi connectivity index (χ0v) is 28.5. The molecule has 45 heavy (non-hydrogen) atoms. The summed E-state index contributed by atoms with van der Waals surface area (Å²) >= 11 is 12.8. The molecule has 3 aromatic rings. The van der Waals surface area contributed by atoms with Crippen molar-refractivity contribution in [3.05, 3.63) is 76.3 Å². The van der Waals surface area contributed by atoms with E-state index in [9.17, 15) is 18.0 Å². The van der Waals surface area contributed by atoms with Gasteiger partial charge in [-0.2, -0.15) is 0 Å². The van der Waals surface area contributed by atoms with Gasteiger partial charge < -0.3 is 24.4 Å². The molecule has 0 aromatic heterocycles. The first-order valence-corrected chi connectivity index (χ1v) is 16.5. The predicted octanol–water partition coefficient (Wildman–Crippen LogP) is 5.94. The summed E-state index contributed by atoms with van der Waals surface area (Å²) in [7, 11) is -0.261. The van der Waals surface area contributed by atoms with Crippen molar-refractivity contribution in [3.8, 4) is 17.2 Å². The van der Waals surface area contributed by atoms with E-state index >= 15 is 0 Å². The molecule has 3 aromatic carbocycles. The van der Waals surface area contributed by atoms with Crippen LogP contribution in [0.25, 0.3) is 0 Å². The highest BCUT2D eigenvalue weighted by molar-refractivity contribution is 7.92. The Morgan fingerprint density at radius 1 is 0.867 bits per heavy atom. The molecule has 0 saturated heterocycles. The monoisotopic (exact) mass is 679 g/mol. The Hall–Kier alpha value is -3.67. The van der Waals surface area contributed by atoms with Crippen LogP contribution in [0, 0.1) is 0 Å². The van der Waals surface area contributed by atoms with Crippen LogP contribution in [0.5, 0.6) is 17.2 Å². The van der Waals surface area contributed by atoms with Crippen molar-refractivity contribution in [2.45, 2.75) is 57.1 Å². The van der Waals surface area contributed by atoms with Crippen molar-refractivity contribution in [1.82, 2.24) is 10.2 Å². The highest BCUT2D eigenvalue weighted by Crippen LogP contribution is 2.37. The lowest BCUT2D eigenvalue weighted by Gasteiger charge is -2.34. The molecular weight excluding hydrogens is 641 g/mol. The summed E-state index contributed by atoms with van der Waals surface area (Å²) in [5.41, 5.74) is 0.625. The highest BCUT2D eigenvalue weighted by atomic mass is 35.5. The van der Waals surface area contributed by atoms with Crippen molar-refractivity contribution in [1.29, 1.82) is 0 Å². The minimum Gasteiger partial charge on any atom is -0.495 e. The second-order valence-electron chi connectivity index (χ2n) is 10.2. The average Bonchev–Trinajstić information content (AvgIpc) is 3.03. The van der Waals surface area contributed by atoms with Gasteiger partial charge in [0.05, 0.1) is 31.9 Å². The number of ether oxygens (including phenoxy) is 3. The Morgan fingerprint density at radius 3 is 2.11 bits per heavy atom. The molecule has 244 valence electrons. The van der Waals surface area contributed by atoms with Crippen LogP contribution >= 0.6 is 23.2 Å². The third kappa shape index (κ3) is 8.53. The fraction of sp³-hybridized carbons (Fsp3) is 0.375. The van der Waals surface area contributed by atoms with Crippen LogP contribution in [-0.4, -0.2) is 65.1 Å². The van der Waals surface area contributed by atoms with Crippen LogP contribution < -0.4 is 23.8 Å². The minimum atomic E-state index is -4.46. The Bertz CT molecular complexity index is 1600. The summed E-state index contributed by atoms with van der Waals surface area (Å²) in [6, 6.07) is 14.5. The molecule has 10 nitrogen and oxygen atoms in total. The number of carbonyl (C=O) groups excluding carboxylic acids is 2. The Kier molecular flexibility index (Phi) is 12.8. The molecule has 1 N–H and O–H groups in total. The van der Waals surface area contributed by atoms with Crippen LogP contribution in [0.1, 0.15) is 39.2 Å². The smallest absolute Gasteiger partial charge is 0.265 e. The number of halogens is 2. The maximum absolute atomic E-state index is 14.4. The molecule has 0 saturated carbocycles. The lowest BCUT2D eigenvalue weighted by Crippen LogP contribution is -2.53. The number of benzene rings is 3. The number of anilines is 1. The van der Waals surface area contributed by atoms with E-state index in [2.05, 4.69) is 5.32 Å².